The third-order valence-electron chi connectivity index (χ3n) is 4.94. The topological polar surface area (TPSA) is 93.3 Å². The normalized spacial score (nSPS) is 16.9. The van der Waals surface area contributed by atoms with Crippen LogP contribution in [0.25, 0.3) is 22.6 Å². The third-order valence-corrected chi connectivity index (χ3v) is 4.94. The molecule has 1 aliphatic heterocycles. The molecule has 144 valence electrons. The molecule has 6 nitrogen and oxygen atoms in total. The molecule has 0 bridgehead atoms. The highest BCUT2D eigenvalue weighted by molar-refractivity contribution is 5.69. The summed E-state index contributed by atoms with van der Waals surface area (Å²) in [5, 5.41) is 12.9. The molecule has 0 spiro atoms. The Bertz CT molecular complexity index is 984. The molecule has 1 aromatic heterocycles. The monoisotopic (exact) mass is 376 g/mol. The Morgan fingerprint density at radius 2 is 1.96 bits per heavy atom. The molecule has 1 aliphatic rings. The first-order chi connectivity index (χ1) is 13.7. The molecule has 0 amide bonds. The van der Waals surface area contributed by atoms with Gasteiger partial charge in [-0.3, -0.25) is 0 Å². The number of nitrogens with zero attached hydrogens (tertiary/aromatic N) is 2. The molecule has 3 aromatic rings. The van der Waals surface area contributed by atoms with Crippen molar-refractivity contribution in [3.63, 3.8) is 0 Å². The standard InChI is InChI=1S/C22H24N4O2/c1-14-20(16-5-2-4-15(10-16)13-27)25-22(17-6-3-7-18(23)11-17)26-21(14)19-12-24-8-9-28-19/h2-7,10-11,19,24,27H,8-9,12-13,23H2,1H3. The summed E-state index contributed by atoms with van der Waals surface area (Å²) in [6.07, 6.45) is -0.128. The van der Waals surface area contributed by atoms with Gasteiger partial charge >= 0.3 is 0 Å². The van der Waals surface area contributed by atoms with Gasteiger partial charge in [-0.25, -0.2) is 9.97 Å². The lowest BCUT2D eigenvalue weighted by Crippen LogP contribution is -2.34. The largest absolute Gasteiger partial charge is 0.399 e. The maximum Gasteiger partial charge on any atom is 0.160 e. The molecule has 2 heterocycles. The highest BCUT2D eigenvalue weighted by Crippen LogP contribution is 2.31. The van der Waals surface area contributed by atoms with Crippen LogP contribution in [0.4, 0.5) is 5.69 Å². The Morgan fingerprint density at radius 1 is 1.14 bits per heavy atom. The van der Waals surface area contributed by atoms with Crippen LogP contribution >= 0.6 is 0 Å². The molecule has 1 atom stereocenters. The quantitative estimate of drug-likeness (QED) is 0.606. The molecule has 4 rings (SSSR count). The number of benzene rings is 2. The molecule has 4 N–H and O–H groups in total. The van der Waals surface area contributed by atoms with E-state index in [0.717, 1.165) is 40.2 Å². The van der Waals surface area contributed by atoms with Gasteiger partial charge in [0, 0.05) is 29.9 Å². The van der Waals surface area contributed by atoms with Crippen molar-refractivity contribution in [2.75, 3.05) is 25.4 Å². The summed E-state index contributed by atoms with van der Waals surface area (Å²) in [5.74, 6) is 0.617. The van der Waals surface area contributed by atoms with Gasteiger partial charge in [-0.2, -0.15) is 0 Å². The molecule has 0 radical (unpaired) electrons. The Balaban J connectivity index is 1.89. The van der Waals surface area contributed by atoms with Gasteiger partial charge in [-0.1, -0.05) is 30.3 Å². The summed E-state index contributed by atoms with van der Waals surface area (Å²) >= 11 is 0. The molecule has 28 heavy (non-hydrogen) atoms. The van der Waals surface area contributed by atoms with Crippen LogP contribution in [0.3, 0.4) is 0 Å². The number of morpholine rings is 1. The fraction of sp³-hybridized carbons (Fsp3) is 0.273. The van der Waals surface area contributed by atoms with Crippen molar-refractivity contribution < 1.29 is 9.84 Å². The molecule has 1 fully saturated rings. The van der Waals surface area contributed by atoms with E-state index >= 15 is 0 Å². The lowest BCUT2D eigenvalue weighted by atomic mass is 10.00. The third kappa shape index (κ3) is 3.75. The second-order valence-corrected chi connectivity index (χ2v) is 6.95. The fourth-order valence-corrected chi connectivity index (χ4v) is 3.49. The van der Waals surface area contributed by atoms with Crippen LogP contribution in [0.15, 0.2) is 48.5 Å². The van der Waals surface area contributed by atoms with Crippen molar-refractivity contribution in [1.29, 1.82) is 0 Å². The summed E-state index contributed by atoms with van der Waals surface area (Å²) in [7, 11) is 0. The van der Waals surface area contributed by atoms with E-state index in [1.54, 1.807) is 0 Å². The first kappa shape index (κ1) is 18.6. The number of nitrogens with two attached hydrogens (primary N) is 1. The highest BCUT2D eigenvalue weighted by atomic mass is 16.5. The molecule has 1 unspecified atom stereocenters. The molecular weight excluding hydrogens is 352 g/mol. The van der Waals surface area contributed by atoms with Gasteiger partial charge in [0.1, 0.15) is 6.10 Å². The highest BCUT2D eigenvalue weighted by Gasteiger charge is 2.23. The van der Waals surface area contributed by atoms with Crippen LogP contribution in [0, 0.1) is 6.92 Å². The number of rotatable bonds is 4. The van der Waals surface area contributed by atoms with E-state index < -0.39 is 0 Å². The molecule has 2 aromatic carbocycles. The van der Waals surface area contributed by atoms with Crippen LogP contribution in [-0.2, 0) is 11.3 Å². The molecular formula is C22H24N4O2. The summed E-state index contributed by atoms with van der Waals surface area (Å²) in [4.78, 5) is 9.72. The number of aliphatic hydroxyl groups excluding tert-OH is 1. The number of anilines is 1. The Hall–Kier alpha value is -2.80. The summed E-state index contributed by atoms with van der Waals surface area (Å²) in [6, 6.07) is 15.4. The zero-order valence-corrected chi connectivity index (χ0v) is 15.9. The second-order valence-electron chi connectivity index (χ2n) is 6.95. The number of hydrogen-bond acceptors (Lipinski definition) is 6. The SMILES string of the molecule is Cc1c(-c2cccc(CO)c2)nc(-c2cccc(N)c2)nc1C1CNCCO1. The van der Waals surface area contributed by atoms with Crippen LogP contribution in [0.1, 0.15) is 22.9 Å². The minimum atomic E-state index is -0.128. The zero-order valence-electron chi connectivity index (χ0n) is 15.9. The number of nitrogens with one attached hydrogen (secondary N) is 1. The maximum absolute atomic E-state index is 9.52. The lowest BCUT2D eigenvalue weighted by Gasteiger charge is -2.25. The molecule has 6 heteroatoms. The molecule has 1 saturated heterocycles. The number of aliphatic hydroxyl groups is 1. The average Bonchev–Trinajstić information content (AvgIpc) is 2.74. The fourth-order valence-electron chi connectivity index (χ4n) is 3.49. The Morgan fingerprint density at radius 3 is 2.71 bits per heavy atom. The van der Waals surface area contributed by atoms with E-state index in [2.05, 4.69) is 5.32 Å². The van der Waals surface area contributed by atoms with Crippen molar-refractivity contribution in [2.45, 2.75) is 19.6 Å². The Labute approximate surface area is 164 Å². The first-order valence-corrected chi connectivity index (χ1v) is 9.42. The van der Waals surface area contributed by atoms with E-state index in [4.69, 9.17) is 20.4 Å². The second kappa shape index (κ2) is 8.06. The minimum Gasteiger partial charge on any atom is -0.399 e. The van der Waals surface area contributed by atoms with Crippen molar-refractivity contribution in [3.05, 3.63) is 65.4 Å². The Kier molecular flexibility index (Phi) is 5.34. The van der Waals surface area contributed by atoms with Gasteiger partial charge in [0.05, 0.1) is 24.6 Å². The number of aromatic nitrogens is 2. The smallest absolute Gasteiger partial charge is 0.160 e. The van der Waals surface area contributed by atoms with Crippen molar-refractivity contribution >= 4 is 5.69 Å². The van der Waals surface area contributed by atoms with Crippen LogP contribution < -0.4 is 11.1 Å². The lowest BCUT2D eigenvalue weighted by molar-refractivity contribution is 0.0246. The number of ether oxygens (including phenoxy) is 1. The average molecular weight is 376 g/mol. The summed E-state index contributed by atoms with van der Waals surface area (Å²) in [6.45, 7) is 4.22. The maximum atomic E-state index is 9.52. The van der Waals surface area contributed by atoms with Crippen molar-refractivity contribution in [3.8, 4) is 22.6 Å². The van der Waals surface area contributed by atoms with Crippen molar-refractivity contribution in [1.82, 2.24) is 15.3 Å². The van der Waals surface area contributed by atoms with E-state index in [-0.39, 0.29) is 12.7 Å². The van der Waals surface area contributed by atoms with E-state index in [1.165, 1.54) is 0 Å². The van der Waals surface area contributed by atoms with E-state index in [9.17, 15) is 5.11 Å². The predicted octanol–water partition coefficient (Wildman–Crippen LogP) is 2.85. The summed E-state index contributed by atoms with van der Waals surface area (Å²) in [5.41, 5.74) is 12.0. The van der Waals surface area contributed by atoms with Crippen LogP contribution in [-0.4, -0.2) is 34.8 Å². The van der Waals surface area contributed by atoms with Gasteiger partial charge in [0.15, 0.2) is 5.82 Å². The van der Waals surface area contributed by atoms with E-state index in [1.807, 2.05) is 55.5 Å². The van der Waals surface area contributed by atoms with Gasteiger partial charge < -0.3 is 20.9 Å². The number of nitrogen functional groups attached to an aromatic ring is 1. The first-order valence-electron chi connectivity index (χ1n) is 9.42. The van der Waals surface area contributed by atoms with Crippen LogP contribution in [0.2, 0.25) is 0 Å². The predicted molar refractivity (Wildman–Crippen MR) is 110 cm³/mol. The molecule has 0 aliphatic carbocycles. The van der Waals surface area contributed by atoms with Crippen molar-refractivity contribution in [2.24, 2.45) is 0 Å². The summed E-state index contributed by atoms with van der Waals surface area (Å²) < 4.78 is 5.98. The molecule has 0 saturated carbocycles. The van der Waals surface area contributed by atoms with Crippen LogP contribution in [0.5, 0.6) is 0 Å². The zero-order chi connectivity index (χ0) is 19.5. The van der Waals surface area contributed by atoms with Gasteiger partial charge in [-0.15, -0.1) is 0 Å². The van der Waals surface area contributed by atoms with Gasteiger partial charge in [0.25, 0.3) is 0 Å². The van der Waals surface area contributed by atoms with Gasteiger partial charge in [-0.05, 0) is 36.2 Å². The van der Waals surface area contributed by atoms with E-state index in [0.29, 0.717) is 24.7 Å². The van der Waals surface area contributed by atoms with Gasteiger partial charge in [0.2, 0.25) is 0 Å². The minimum absolute atomic E-state index is 0.0113. The number of hydrogen-bond donors (Lipinski definition) is 3.